The third-order valence-corrected chi connectivity index (χ3v) is 7.14. The molecule has 5 rings (SSSR count). The van der Waals surface area contributed by atoms with Crippen LogP contribution in [0.4, 0.5) is 0 Å². The molecule has 0 nitrogen and oxygen atoms in total. The van der Waals surface area contributed by atoms with E-state index in [1.54, 1.807) is 0 Å². The standard InChI is InChI=1S/C29H29Cl/c1-4-6-12-20-25-18(3)16-17-24(30)29(25)23(13-7-5-2)28-22-15-9-11-19-10-8-14-21(26(19)22)27(20)28/h8-11,14-17H,4-7,12-13H2,1-3H3. The van der Waals surface area contributed by atoms with Gasteiger partial charge in [-0.3, -0.25) is 0 Å². The molecule has 0 saturated carbocycles. The van der Waals surface area contributed by atoms with E-state index in [2.05, 4.69) is 69.3 Å². The van der Waals surface area contributed by atoms with Gasteiger partial charge in [-0.15, -0.1) is 0 Å². The zero-order valence-electron chi connectivity index (χ0n) is 18.2. The van der Waals surface area contributed by atoms with Crippen molar-refractivity contribution < 1.29 is 0 Å². The SMILES string of the molecule is CCCCc1c2c(c(CCCC)c3c(Cl)ccc(C)c13)-c1cccc3cccc-2c13. The highest BCUT2D eigenvalue weighted by Crippen LogP contribution is 2.54. The van der Waals surface area contributed by atoms with Gasteiger partial charge in [-0.05, 0) is 93.8 Å². The number of halogens is 1. The van der Waals surface area contributed by atoms with Gasteiger partial charge in [0.15, 0.2) is 0 Å². The van der Waals surface area contributed by atoms with Gasteiger partial charge in [0.25, 0.3) is 0 Å². The molecule has 0 radical (unpaired) electrons. The Hall–Kier alpha value is -2.31. The molecule has 0 aliphatic heterocycles. The maximum absolute atomic E-state index is 6.93. The highest BCUT2D eigenvalue weighted by Gasteiger charge is 2.29. The van der Waals surface area contributed by atoms with Crippen molar-refractivity contribution in [2.24, 2.45) is 0 Å². The van der Waals surface area contributed by atoms with Gasteiger partial charge in [0.1, 0.15) is 0 Å². The summed E-state index contributed by atoms with van der Waals surface area (Å²) in [6.07, 6.45) is 6.96. The number of aryl methyl sites for hydroxylation is 3. The average molecular weight is 413 g/mol. The first kappa shape index (κ1) is 19.6. The van der Waals surface area contributed by atoms with Crippen LogP contribution in [0.2, 0.25) is 5.02 Å². The topological polar surface area (TPSA) is 0 Å². The molecule has 4 aromatic rings. The molecule has 0 spiro atoms. The normalized spacial score (nSPS) is 12.1. The van der Waals surface area contributed by atoms with Gasteiger partial charge in [0, 0.05) is 10.4 Å². The molecule has 0 saturated heterocycles. The quantitative estimate of drug-likeness (QED) is 0.260. The molecule has 1 aliphatic rings. The smallest absolute Gasteiger partial charge is 0.0487 e. The molecule has 1 heteroatoms. The monoisotopic (exact) mass is 412 g/mol. The van der Waals surface area contributed by atoms with E-state index < -0.39 is 0 Å². The minimum atomic E-state index is 0.908. The number of hydrogen-bond donors (Lipinski definition) is 0. The van der Waals surface area contributed by atoms with Gasteiger partial charge < -0.3 is 0 Å². The summed E-state index contributed by atoms with van der Waals surface area (Å²) in [5, 5.41) is 6.39. The summed E-state index contributed by atoms with van der Waals surface area (Å²) >= 11 is 6.93. The predicted octanol–water partition coefficient (Wildman–Crippen LogP) is 9.29. The summed E-state index contributed by atoms with van der Waals surface area (Å²) in [5.41, 5.74) is 10.1. The van der Waals surface area contributed by atoms with Gasteiger partial charge in [0.2, 0.25) is 0 Å². The van der Waals surface area contributed by atoms with E-state index >= 15 is 0 Å². The molecule has 4 aromatic carbocycles. The lowest BCUT2D eigenvalue weighted by molar-refractivity contribution is 0.794. The lowest BCUT2D eigenvalue weighted by Gasteiger charge is -2.22. The number of rotatable bonds is 6. The minimum absolute atomic E-state index is 0.908. The largest absolute Gasteiger partial charge is 0.0837 e. The zero-order valence-corrected chi connectivity index (χ0v) is 19.0. The second-order valence-corrected chi connectivity index (χ2v) is 9.14. The lowest BCUT2D eigenvalue weighted by atomic mass is 9.83. The van der Waals surface area contributed by atoms with Crippen LogP contribution in [0.3, 0.4) is 0 Å². The Morgan fingerprint density at radius 3 is 1.80 bits per heavy atom. The maximum Gasteiger partial charge on any atom is 0.0487 e. The Labute approximate surface area is 184 Å². The highest BCUT2D eigenvalue weighted by molar-refractivity contribution is 6.37. The van der Waals surface area contributed by atoms with E-state index in [1.165, 1.54) is 86.2 Å². The van der Waals surface area contributed by atoms with Crippen molar-refractivity contribution in [3.05, 3.63) is 70.2 Å². The Bertz CT molecular complexity index is 1180. The molecule has 0 bridgehead atoms. The van der Waals surface area contributed by atoms with Gasteiger partial charge in [-0.25, -0.2) is 0 Å². The molecular weight excluding hydrogens is 384 g/mol. The summed E-state index contributed by atoms with van der Waals surface area (Å²) in [6.45, 7) is 6.82. The Morgan fingerprint density at radius 1 is 0.667 bits per heavy atom. The van der Waals surface area contributed by atoms with Gasteiger partial charge in [-0.2, -0.15) is 0 Å². The van der Waals surface area contributed by atoms with Gasteiger partial charge in [-0.1, -0.05) is 80.8 Å². The molecule has 0 heterocycles. The molecule has 1 aliphatic carbocycles. The summed E-state index contributed by atoms with van der Waals surface area (Å²) in [7, 11) is 0. The van der Waals surface area contributed by atoms with Gasteiger partial charge >= 0.3 is 0 Å². The molecule has 0 aromatic heterocycles. The van der Waals surface area contributed by atoms with Crippen LogP contribution in [0.25, 0.3) is 43.8 Å². The van der Waals surface area contributed by atoms with E-state index in [1.807, 2.05) is 0 Å². The highest BCUT2D eigenvalue weighted by atomic mass is 35.5. The van der Waals surface area contributed by atoms with Crippen molar-refractivity contribution in [2.75, 3.05) is 0 Å². The molecule has 0 amide bonds. The van der Waals surface area contributed by atoms with E-state index in [4.69, 9.17) is 11.6 Å². The van der Waals surface area contributed by atoms with E-state index in [0.717, 1.165) is 17.9 Å². The fourth-order valence-corrected chi connectivity index (χ4v) is 5.75. The fourth-order valence-electron chi connectivity index (χ4n) is 5.48. The molecular formula is C29H29Cl. The number of fused-ring (bicyclic) bond motifs is 4. The van der Waals surface area contributed by atoms with Crippen molar-refractivity contribution >= 4 is 33.1 Å². The summed E-state index contributed by atoms with van der Waals surface area (Å²) in [6, 6.07) is 17.9. The van der Waals surface area contributed by atoms with Crippen LogP contribution in [-0.2, 0) is 12.8 Å². The summed E-state index contributed by atoms with van der Waals surface area (Å²) in [5.74, 6) is 0. The second-order valence-electron chi connectivity index (χ2n) is 8.74. The molecule has 0 N–H and O–H groups in total. The van der Waals surface area contributed by atoms with Crippen molar-refractivity contribution in [3.8, 4) is 22.3 Å². The van der Waals surface area contributed by atoms with Crippen LogP contribution < -0.4 is 0 Å². The number of benzene rings is 4. The minimum Gasteiger partial charge on any atom is -0.0837 e. The fraction of sp³-hybridized carbons (Fsp3) is 0.310. The third-order valence-electron chi connectivity index (χ3n) is 6.82. The molecule has 0 unspecified atom stereocenters. The first-order chi connectivity index (χ1) is 14.7. The Morgan fingerprint density at radius 2 is 1.23 bits per heavy atom. The van der Waals surface area contributed by atoms with Crippen LogP contribution in [-0.4, -0.2) is 0 Å². The Kier molecular flexibility index (Phi) is 5.07. The van der Waals surface area contributed by atoms with Crippen molar-refractivity contribution in [1.82, 2.24) is 0 Å². The molecule has 0 fully saturated rings. The molecule has 152 valence electrons. The van der Waals surface area contributed by atoms with E-state index in [0.29, 0.717) is 0 Å². The van der Waals surface area contributed by atoms with Crippen molar-refractivity contribution in [2.45, 2.75) is 59.3 Å². The second kappa shape index (κ2) is 7.75. The van der Waals surface area contributed by atoms with Crippen LogP contribution in [0.5, 0.6) is 0 Å². The number of hydrogen-bond acceptors (Lipinski definition) is 0. The van der Waals surface area contributed by atoms with Crippen LogP contribution in [0.1, 0.15) is 56.2 Å². The summed E-state index contributed by atoms with van der Waals surface area (Å²) in [4.78, 5) is 0. The molecule has 30 heavy (non-hydrogen) atoms. The zero-order chi connectivity index (χ0) is 20.8. The molecule has 0 atom stereocenters. The first-order valence-electron chi connectivity index (χ1n) is 11.5. The van der Waals surface area contributed by atoms with E-state index in [-0.39, 0.29) is 0 Å². The van der Waals surface area contributed by atoms with Crippen molar-refractivity contribution in [3.63, 3.8) is 0 Å². The first-order valence-corrected chi connectivity index (χ1v) is 11.8. The third kappa shape index (κ3) is 2.81. The van der Waals surface area contributed by atoms with Crippen LogP contribution >= 0.6 is 11.6 Å². The average Bonchev–Trinajstić information content (AvgIpc) is 3.10. The summed E-state index contributed by atoms with van der Waals surface area (Å²) < 4.78 is 0. The van der Waals surface area contributed by atoms with Gasteiger partial charge in [0.05, 0.1) is 0 Å². The lowest BCUT2D eigenvalue weighted by Crippen LogP contribution is -2.01. The van der Waals surface area contributed by atoms with E-state index in [9.17, 15) is 0 Å². The predicted molar refractivity (Wildman–Crippen MR) is 133 cm³/mol. The van der Waals surface area contributed by atoms with Crippen LogP contribution in [0, 0.1) is 6.92 Å². The van der Waals surface area contributed by atoms with Crippen molar-refractivity contribution in [1.29, 1.82) is 0 Å². The Balaban J connectivity index is 2.00. The maximum atomic E-state index is 6.93. The number of unbranched alkanes of at least 4 members (excludes halogenated alkanes) is 2. The van der Waals surface area contributed by atoms with Crippen LogP contribution in [0.15, 0.2) is 48.5 Å².